The SMILES string of the molecule is COC(=O)[C@@H](c1ccc(Cl)cc1)[C@@H](CCCl)NCc1ccccc1. The third kappa shape index (κ3) is 5.23. The zero-order chi connectivity index (χ0) is 17.4. The van der Waals surface area contributed by atoms with Gasteiger partial charge in [-0.1, -0.05) is 54.1 Å². The molecule has 0 aliphatic carbocycles. The summed E-state index contributed by atoms with van der Waals surface area (Å²) in [5.74, 6) is -0.268. The second-order valence-electron chi connectivity index (χ2n) is 5.50. The van der Waals surface area contributed by atoms with Crippen LogP contribution in [-0.2, 0) is 16.1 Å². The van der Waals surface area contributed by atoms with Gasteiger partial charge in [0.15, 0.2) is 0 Å². The van der Waals surface area contributed by atoms with E-state index < -0.39 is 5.92 Å². The number of benzene rings is 2. The van der Waals surface area contributed by atoms with E-state index in [0.29, 0.717) is 23.9 Å². The average Bonchev–Trinajstić information content (AvgIpc) is 2.62. The lowest BCUT2D eigenvalue weighted by atomic mass is 9.89. The smallest absolute Gasteiger partial charge is 0.314 e. The maximum absolute atomic E-state index is 12.4. The molecule has 0 amide bonds. The molecule has 24 heavy (non-hydrogen) atoms. The van der Waals surface area contributed by atoms with Gasteiger partial charge in [0.05, 0.1) is 13.0 Å². The Morgan fingerprint density at radius 2 is 1.79 bits per heavy atom. The quantitative estimate of drug-likeness (QED) is 0.557. The molecule has 0 bridgehead atoms. The zero-order valence-electron chi connectivity index (χ0n) is 13.5. The van der Waals surface area contributed by atoms with Gasteiger partial charge in [0.2, 0.25) is 0 Å². The Kier molecular flexibility index (Phi) is 7.57. The molecule has 128 valence electrons. The van der Waals surface area contributed by atoms with Crippen LogP contribution in [0.4, 0.5) is 0 Å². The maximum Gasteiger partial charge on any atom is 0.314 e. The molecule has 2 rings (SSSR count). The molecule has 0 saturated heterocycles. The van der Waals surface area contributed by atoms with Crippen molar-refractivity contribution in [2.75, 3.05) is 13.0 Å². The van der Waals surface area contributed by atoms with Gasteiger partial charge in [0.25, 0.3) is 0 Å². The zero-order valence-corrected chi connectivity index (χ0v) is 15.1. The number of hydrogen-bond donors (Lipinski definition) is 1. The first-order valence-electron chi connectivity index (χ1n) is 7.82. The van der Waals surface area contributed by atoms with Crippen molar-refractivity contribution in [2.45, 2.75) is 24.9 Å². The van der Waals surface area contributed by atoms with Crippen LogP contribution < -0.4 is 5.32 Å². The number of nitrogens with one attached hydrogen (secondary N) is 1. The van der Waals surface area contributed by atoms with Gasteiger partial charge in [-0.2, -0.15) is 0 Å². The minimum absolute atomic E-state index is 0.128. The fraction of sp³-hybridized carbons (Fsp3) is 0.316. The predicted molar refractivity (Wildman–Crippen MR) is 98.6 cm³/mol. The van der Waals surface area contributed by atoms with Crippen LogP contribution in [0.5, 0.6) is 0 Å². The van der Waals surface area contributed by atoms with E-state index in [1.807, 2.05) is 42.5 Å². The molecule has 0 aromatic heterocycles. The van der Waals surface area contributed by atoms with Crippen molar-refractivity contribution in [3.05, 3.63) is 70.7 Å². The van der Waals surface area contributed by atoms with E-state index in [-0.39, 0.29) is 12.0 Å². The largest absolute Gasteiger partial charge is 0.469 e. The van der Waals surface area contributed by atoms with Gasteiger partial charge in [0.1, 0.15) is 0 Å². The van der Waals surface area contributed by atoms with Gasteiger partial charge >= 0.3 is 5.97 Å². The Morgan fingerprint density at radius 3 is 2.38 bits per heavy atom. The first kappa shape index (κ1) is 18.8. The van der Waals surface area contributed by atoms with Crippen molar-refractivity contribution in [1.82, 2.24) is 5.32 Å². The molecule has 0 radical (unpaired) electrons. The minimum Gasteiger partial charge on any atom is -0.469 e. The van der Waals surface area contributed by atoms with E-state index in [0.717, 1.165) is 11.1 Å². The Morgan fingerprint density at radius 1 is 1.12 bits per heavy atom. The summed E-state index contributed by atoms with van der Waals surface area (Å²) in [6.07, 6.45) is 0.650. The summed E-state index contributed by atoms with van der Waals surface area (Å²) >= 11 is 11.9. The Bertz CT molecular complexity index is 632. The number of rotatable bonds is 8. The average molecular weight is 366 g/mol. The molecular formula is C19H21Cl2NO2. The number of hydrogen-bond acceptors (Lipinski definition) is 3. The molecule has 0 spiro atoms. The summed E-state index contributed by atoms with van der Waals surface area (Å²) in [4.78, 5) is 12.4. The van der Waals surface area contributed by atoms with Crippen LogP contribution in [0.25, 0.3) is 0 Å². The minimum atomic E-state index is -0.435. The van der Waals surface area contributed by atoms with Crippen molar-refractivity contribution in [2.24, 2.45) is 0 Å². The van der Waals surface area contributed by atoms with Gasteiger partial charge in [-0.15, -0.1) is 11.6 Å². The van der Waals surface area contributed by atoms with E-state index in [1.54, 1.807) is 12.1 Å². The molecule has 2 aromatic rings. The van der Waals surface area contributed by atoms with E-state index in [1.165, 1.54) is 7.11 Å². The Labute approximate surface area is 152 Å². The first-order valence-corrected chi connectivity index (χ1v) is 8.73. The number of carbonyl (C=O) groups is 1. The van der Waals surface area contributed by atoms with Gasteiger partial charge in [-0.3, -0.25) is 4.79 Å². The summed E-state index contributed by atoms with van der Waals surface area (Å²) in [5, 5.41) is 4.08. The summed E-state index contributed by atoms with van der Waals surface area (Å²) < 4.78 is 5.02. The van der Waals surface area contributed by atoms with Crippen LogP contribution in [0.2, 0.25) is 5.02 Å². The van der Waals surface area contributed by atoms with Crippen LogP contribution in [0.1, 0.15) is 23.5 Å². The number of esters is 1. The Hall–Kier alpha value is -1.55. The van der Waals surface area contributed by atoms with E-state index in [4.69, 9.17) is 27.9 Å². The molecule has 3 nitrogen and oxygen atoms in total. The highest BCUT2D eigenvalue weighted by Gasteiger charge is 2.30. The molecule has 0 aliphatic heterocycles. The highest BCUT2D eigenvalue weighted by atomic mass is 35.5. The van der Waals surface area contributed by atoms with Gasteiger partial charge < -0.3 is 10.1 Å². The number of alkyl halides is 1. The van der Waals surface area contributed by atoms with Crippen LogP contribution in [0.15, 0.2) is 54.6 Å². The van der Waals surface area contributed by atoms with Crippen molar-refractivity contribution in [3.63, 3.8) is 0 Å². The van der Waals surface area contributed by atoms with E-state index in [9.17, 15) is 4.79 Å². The predicted octanol–water partition coefficient (Wildman–Crippen LogP) is 4.38. The third-order valence-electron chi connectivity index (χ3n) is 3.92. The molecule has 2 aromatic carbocycles. The summed E-state index contributed by atoms with van der Waals surface area (Å²) in [7, 11) is 1.40. The molecule has 0 fully saturated rings. The summed E-state index contributed by atoms with van der Waals surface area (Å²) in [6, 6.07) is 17.2. The standard InChI is InChI=1S/C19H21Cl2NO2/c1-24-19(23)18(15-7-9-16(21)10-8-15)17(11-12-20)22-13-14-5-3-2-4-6-14/h2-10,17-18,22H,11-13H2,1H3/t17-,18+/m1/s1. The highest BCUT2D eigenvalue weighted by Crippen LogP contribution is 2.25. The third-order valence-corrected chi connectivity index (χ3v) is 4.39. The van der Waals surface area contributed by atoms with E-state index >= 15 is 0 Å². The molecule has 2 atom stereocenters. The van der Waals surface area contributed by atoms with Crippen molar-refractivity contribution >= 4 is 29.2 Å². The molecule has 0 unspecified atom stereocenters. The van der Waals surface area contributed by atoms with Crippen LogP contribution in [0.3, 0.4) is 0 Å². The fourth-order valence-electron chi connectivity index (χ4n) is 2.68. The lowest BCUT2D eigenvalue weighted by Crippen LogP contribution is -2.39. The number of ether oxygens (including phenoxy) is 1. The van der Waals surface area contributed by atoms with Crippen LogP contribution >= 0.6 is 23.2 Å². The number of methoxy groups -OCH3 is 1. The van der Waals surface area contributed by atoms with Crippen molar-refractivity contribution in [1.29, 1.82) is 0 Å². The summed E-state index contributed by atoms with van der Waals surface area (Å²) in [5.41, 5.74) is 2.01. The monoisotopic (exact) mass is 365 g/mol. The van der Waals surface area contributed by atoms with Crippen LogP contribution in [-0.4, -0.2) is 25.0 Å². The molecule has 5 heteroatoms. The van der Waals surface area contributed by atoms with Crippen molar-refractivity contribution < 1.29 is 9.53 Å². The second-order valence-corrected chi connectivity index (χ2v) is 6.32. The lowest BCUT2D eigenvalue weighted by Gasteiger charge is -2.26. The first-order chi connectivity index (χ1) is 11.7. The molecule has 0 heterocycles. The normalized spacial score (nSPS) is 13.3. The molecule has 1 N–H and O–H groups in total. The topological polar surface area (TPSA) is 38.3 Å². The van der Waals surface area contributed by atoms with E-state index in [2.05, 4.69) is 5.32 Å². The highest BCUT2D eigenvalue weighted by molar-refractivity contribution is 6.30. The summed E-state index contributed by atoms with van der Waals surface area (Å²) in [6.45, 7) is 0.656. The fourth-order valence-corrected chi connectivity index (χ4v) is 3.04. The second kappa shape index (κ2) is 9.67. The van der Waals surface area contributed by atoms with Gasteiger partial charge in [0, 0.05) is 23.5 Å². The molecule has 0 saturated carbocycles. The van der Waals surface area contributed by atoms with Crippen LogP contribution in [0, 0.1) is 0 Å². The number of carbonyl (C=O) groups excluding carboxylic acids is 1. The molecular weight excluding hydrogens is 345 g/mol. The van der Waals surface area contributed by atoms with Crippen molar-refractivity contribution in [3.8, 4) is 0 Å². The molecule has 0 aliphatic rings. The Balaban J connectivity index is 2.21. The van der Waals surface area contributed by atoms with Gasteiger partial charge in [-0.05, 0) is 29.7 Å². The lowest BCUT2D eigenvalue weighted by molar-refractivity contribution is -0.143. The van der Waals surface area contributed by atoms with Gasteiger partial charge in [-0.25, -0.2) is 0 Å². The number of halogens is 2. The maximum atomic E-state index is 12.4.